The Morgan fingerprint density at radius 2 is 2.31 bits per heavy atom. The number of aryl methyl sites for hydroxylation is 1. The van der Waals surface area contributed by atoms with Crippen molar-refractivity contribution in [2.45, 2.75) is 12.8 Å². The molecule has 2 aromatic heterocycles. The summed E-state index contributed by atoms with van der Waals surface area (Å²) in [5.74, 6) is 1.09. The lowest BCUT2D eigenvalue weighted by atomic mass is 10.3. The van der Waals surface area contributed by atoms with Gasteiger partial charge >= 0.3 is 0 Å². The van der Waals surface area contributed by atoms with E-state index in [1.807, 2.05) is 12.1 Å². The van der Waals surface area contributed by atoms with Gasteiger partial charge in [0.15, 0.2) is 0 Å². The third-order valence-corrected chi connectivity index (χ3v) is 2.67. The Balaban J connectivity index is 2.22. The van der Waals surface area contributed by atoms with E-state index in [0.717, 1.165) is 10.9 Å². The molecule has 0 saturated heterocycles. The molecule has 0 fully saturated rings. The number of halogens is 1. The van der Waals surface area contributed by atoms with Crippen LogP contribution in [0, 0.1) is 0 Å². The lowest BCUT2D eigenvalue weighted by Gasteiger charge is -1.95. The molecule has 0 aromatic carbocycles. The first-order chi connectivity index (χ1) is 7.81. The van der Waals surface area contributed by atoms with Crippen LogP contribution >= 0.6 is 15.9 Å². The highest BCUT2D eigenvalue weighted by Gasteiger charge is 2.11. The van der Waals surface area contributed by atoms with Crippen LogP contribution < -0.4 is 5.73 Å². The molecular weight excluding hydrogens is 272 g/mol. The maximum atomic E-state index is 5.41. The second-order valence-corrected chi connectivity index (χ2v) is 4.09. The van der Waals surface area contributed by atoms with Crippen LogP contribution in [0.3, 0.4) is 0 Å². The third kappa shape index (κ3) is 2.45. The molecule has 0 amide bonds. The van der Waals surface area contributed by atoms with Gasteiger partial charge < -0.3 is 10.3 Å². The summed E-state index contributed by atoms with van der Waals surface area (Å²) in [5, 5.41) is 3.88. The van der Waals surface area contributed by atoms with Gasteiger partial charge in [-0.2, -0.15) is 4.98 Å². The highest BCUT2D eigenvalue weighted by Crippen LogP contribution is 2.22. The minimum Gasteiger partial charge on any atom is -0.339 e. The van der Waals surface area contributed by atoms with Crippen LogP contribution in [0.2, 0.25) is 0 Å². The van der Waals surface area contributed by atoms with Crippen LogP contribution in [-0.4, -0.2) is 21.7 Å². The Kier molecular flexibility index (Phi) is 3.63. The van der Waals surface area contributed by atoms with Gasteiger partial charge in [0.05, 0.1) is 0 Å². The summed E-state index contributed by atoms with van der Waals surface area (Å²) in [4.78, 5) is 8.44. The molecule has 0 atom stereocenters. The number of hydrogen-bond acceptors (Lipinski definition) is 5. The van der Waals surface area contributed by atoms with E-state index >= 15 is 0 Å². The standard InChI is InChI=1S/C10H11BrN4O/c11-7-3-2-6-13-9(7)10-14-8(16-15-10)4-1-5-12/h2-3,6H,1,4-5,12H2. The fourth-order valence-corrected chi connectivity index (χ4v) is 1.69. The molecule has 84 valence electrons. The molecule has 0 aliphatic carbocycles. The molecule has 0 aliphatic rings. The van der Waals surface area contributed by atoms with Crippen molar-refractivity contribution < 1.29 is 4.52 Å². The van der Waals surface area contributed by atoms with Gasteiger partial charge in [0.2, 0.25) is 11.7 Å². The summed E-state index contributed by atoms with van der Waals surface area (Å²) >= 11 is 3.39. The zero-order chi connectivity index (χ0) is 11.4. The first kappa shape index (κ1) is 11.2. The predicted molar refractivity (Wildman–Crippen MR) is 62.6 cm³/mol. The quantitative estimate of drug-likeness (QED) is 0.925. The molecule has 6 heteroatoms. The highest BCUT2D eigenvalue weighted by molar-refractivity contribution is 9.10. The Morgan fingerprint density at radius 1 is 1.44 bits per heavy atom. The van der Waals surface area contributed by atoms with Crippen molar-refractivity contribution in [2.24, 2.45) is 5.73 Å². The third-order valence-electron chi connectivity index (χ3n) is 2.03. The van der Waals surface area contributed by atoms with Gasteiger partial charge in [-0.3, -0.25) is 4.98 Å². The highest BCUT2D eigenvalue weighted by atomic mass is 79.9. The molecule has 2 heterocycles. The number of hydrogen-bond donors (Lipinski definition) is 1. The first-order valence-corrected chi connectivity index (χ1v) is 5.74. The van der Waals surface area contributed by atoms with Gasteiger partial charge in [0, 0.05) is 17.1 Å². The van der Waals surface area contributed by atoms with Crippen molar-refractivity contribution in [1.29, 1.82) is 0 Å². The van der Waals surface area contributed by atoms with E-state index in [0.29, 0.717) is 30.4 Å². The van der Waals surface area contributed by atoms with Gasteiger partial charge in [-0.1, -0.05) is 5.16 Å². The Labute approximate surface area is 101 Å². The second kappa shape index (κ2) is 5.18. The molecule has 2 rings (SSSR count). The summed E-state index contributed by atoms with van der Waals surface area (Å²) in [6.45, 7) is 0.616. The average Bonchev–Trinajstić information content (AvgIpc) is 2.75. The maximum absolute atomic E-state index is 5.41. The topological polar surface area (TPSA) is 77.8 Å². The molecule has 0 unspecified atom stereocenters. The SMILES string of the molecule is NCCCc1nc(-c2ncccc2Br)no1. The predicted octanol–water partition coefficient (Wildman–Crippen LogP) is 1.79. The second-order valence-electron chi connectivity index (χ2n) is 3.24. The first-order valence-electron chi connectivity index (χ1n) is 4.95. The summed E-state index contributed by atoms with van der Waals surface area (Å²) in [7, 11) is 0. The van der Waals surface area contributed by atoms with E-state index in [2.05, 4.69) is 31.1 Å². The van der Waals surface area contributed by atoms with E-state index in [4.69, 9.17) is 10.3 Å². The maximum Gasteiger partial charge on any atom is 0.227 e. The molecular formula is C10H11BrN4O. The van der Waals surface area contributed by atoms with Gasteiger partial charge in [-0.05, 0) is 41.0 Å². The molecule has 16 heavy (non-hydrogen) atoms. The molecule has 0 bridgehead atoms. The summed E-state index contributed by atoms with van der Waals surface area (Å²) in [5.41, 5.74) is 6.09. The monoisotopic (exact) mass is 282 g/mol. The van der Waals surface area contributed by atoms with E-state index < -0.39 is 0 Å². The van der Waals surface area contributed by atoms with Crippen LogP contribution in [0.4, 0.5) is 0 Å². The molecule has 2 N–H and O–H groups in total. The van der Waals surface area contributed by atoms with E-state index in [-0.39, 0.29) is 0 Å². The van der Waals surface area contributed by atoms with Crippen LogP contribution in [-0.2, 0) is 6.42 Å². The largest absolute Gasteiger partial charge is 0.339 e. The Hall–Kier alpha value is -1.27. The van der Waals surface area contributed by atoms with Crippen molar-refractivity contribution in [3.05, 3.63) is 28.7 Å². The van der Waals surface area contributed by atoms with Gasteiger partial charge in [0.1, 0.15) is 5.69 Å². The van der Waals surface area contributed by atoms with Crippen molar-refractivity contribution in [3.63, 3.8) is 0 Å². The zero-order valence-electron chi connectivity index (χ0n) is 8.56. The minimum atomic E-state index is 0.500. The van der Waals surface area contributed by atoms with Crippen LogP contribution in [0.5, 0.6) is 0 Å². The summed E-state index contributed by atoms with van der Waals surface area (Å²) in [6.07, 6.45) is 3.23. The fourth-order valence-electron chi connectivity index (χ4n) is 1.26. The summed E-state index contributed by atoms with van der Waals surface area (Å²) < 4.78 is 5.95. The van der Waals surface area contributed by atoms with Gasteiger partial charge in [-0.15, -0.1) is 0 Å². The number of nitrogens with zero attached hydrogens (tertiary/aromatic N) is 3. The molecule has 0 spiro atoms. The smallest absolute Gasteiger partial charge is 0.227 e. The van der Waals surface area contributed by atoms with E-state index in [1.165, 1.54) is 0 Å². The Morgan fingerprint density at radius 3 is 3.06 bits per heavy atom. The van der Waals surface area contributed by atoms with Crippen LogP contribution in [0.1, 0.15) is 12.3 Å². The molecule has 0 saturated carbocycles. The van der Waals surface area contributed by atoms with Crippen LogP contribution in [0.15, 0.2) is 27.3 Å². The van der Waals surface area contributed by atoms with Gasteiger partial charge in [0.25, 0.3) is 0 Å². The fraction of sp³-hybridized carbons (Fsp3) is 0.300. The normalized spacial score (nSPS) is 10.6. The minimum absolute atomic E-state index is 0.500. The molecule has 5 nitrogen and oxygen atoms in total. The lowest BCUT2D eigenvalue weighted by Crippen LogP contribution is -2.00. The number of pyridine rings is 1. The zero-order valence-corrected chi connectivity index (χ0v) is 10.1. The number of aromatic nitrogens is 3. The summed E-state index contributed by atoms with van der Waals surface area (Å²) in [6, 6.07) is 3.72. The Bertz CT molecular complexity index is 471. The van der Waals surface area contributed by atoms with Crippen molar-refractivity contribution >= 4 is 15.9 Å². The molecule has 0 aliphatic heterocycles. The van der Waals surface area contributed by atoms with Crippen molar-refractivity contribution in [2.75, 3.05) is 6.54 Å². The van der Waals surface area contributed by atoms with Gasteiger partial charge in [-0.25, -0.2) is 0 Å². The number of rotatable bonds is 4. The number of nitrogens with two attached hydrogens (primary N) is 1. The van der Waals surface area contributed by atoms with Crippen molar-refractivity contribution in [1.82, 2.24) is 15.1 Å². The lowest BCUT2D eigenvalue weighted by molar-refractivity contribution is 0.376. The average molecular weight is 283 g/mol. The van der Waals surface area contributed by atoms with Crippen molar-refractivity contribution in [3.8, 4) is 11.5 Å². The molecule has 0 radical (unpaired) electrons. The van der Waals surface area contributed by atoms with E-state index in [9.17, 15) is 0 Å². The molecule has 2 aromatic rings. The van der Waals surface area contributed by atoms with Crippen LogP contribution in [0.25, 0.3) is 11.5 Å². The van der Waals surface area contributed by atoms with E-state index in [1.54, 1.807) is 6.20 Å².